The molecule has 1 aliphatic rings. The highest BCUT2D eigenvalue weighted by Crippen LogP contribution is 2.38. The first-order chi connectivity index (χ1) is 9.72. The van der Waals surface area contributed by atoms with E-state index < -0.39 is 0 Å². The summed E-state index contributed by atoms with van der Waals surface area (Å²) in [4.78, 5) is 0. The number of benzene rings is 1. The number of hydrogen-bond donors (Lipinski definition) is 2. The molecule has 112 valence electrons. The standard InChI is InChI=1S/C17H27NOS/c1-14-6-3-4-7-15(14)12-20-11-9-16-8-5-10-17(16,13-19)18-2/h3-4,6-7,16,18-19H,5,8-13H2,1-2H3. The summed E-state index contributed by atoms with van der Waals surface area (Å²) in [7, 11) is 2.00. The molecule has 0 bridgehead atoms. The van der Waals surface area contributed by atoms with Crippen molar-refractivity contribution in [2.75, 3.05) is 19.4 Å². The Kier molecular flexibility index (Phi) is 5.94. The largest absolute Gasteiger partial charge is 0.394 e. The molecule has 0 saturated heterocycles. The molecule has 1 aromatic rings. The van der Waals surface area contributed by atoms with Gasteiger partial charge < -0.3 is 10.4 Å². The Morgan fingerprint density at radius 2 is 2.20 bits per heavy atom. The maximum atomic E-state index is 9.69. The van der Waals surface area contributed by atoms with E-state index in [0.717, 1.165) is 12.2 Å². The van der Waals surface area contributed by atoms with Crippen LogP contribution < -0.4 is 5.32 Å². The van der Waals surface area contributed by atoms with Crippen molar-refractivity contribution in [1.82, 2.24) is 5.32 Å². The Hall–Kier alpha value is -0.510. The molecule has 2 rings (SSSR count). The van der Waals surface area contributed by atoms with Gasteiger partial charge in [0.15, 0.2) is 0 Å². The van der Waals surface area contributed by atoms with Gasteiger partial charge in [-0.15, -0.1) is 0 Å². The summed E-state index contributed by atoms with van der Waals surface area (Å²) in [5.41, 5.74) is 2.83. The second-order valence-corrected chi connectivity index (χ2v) is 7.03. The molecule has 1 aliphatic carbocycles. The fourth-order valence-corrected chi connectivity index (χ4v) is 4.50. The van der Waals surface area contributed by atoms with Crippen LogP contribution in [0.15, 0.2) is 24.3 Å². The monoisotopic (exact) mass is 293 g/mol. The zero-order valence-electron chi connectivity index (χ0n) is 12.7. The molecular weight excluding hydrogens is 266 g/mol. The number of aryl methyl sites for hydroxylation is 1. The maximum absolute atomic E-state index is 9.69. The van der Waals surface area contributed by atoms with Crippen LogP contribution in [0.1, 0.15) is 36.8 Å². The van der Waals surface area contributed by atoms with Crippen molar-refractivity contribution in [2.45, 2.75) is 43.9 Å². The van der Waals surface area contributed by atoms with Gasteiger partial charge in [0.2, 0.25) is 0 Å². The molecule has 2 unspecified atom stereocenters. The van der Waals surface area contributed by atoms with Crippen LogP contribution in [0, 0.1) is 12.8 Å². The van der Waals surface area contributed by atoms with E-state index in [9.17, 15) is 5.11 Å². The first kappa shape index (κ1) is 15.9. The highest BCUT2D eigenvalue weighted by Gasteiger charge is 2.40. The van der Waals surface area contributed by atoms with E-state index in [-0.39, 0.29) is 12.1 Å². The van der Waals surface area contributed by atoms with Crippen LogP contribution in [0.4, 0.5) is 0 Å². The maximum Gasteiger partial charge on any atom is 0.0615 e. The SMILES string of the molecule is CNC1(CO)CCCC1CCSCc1ccccc1C. The lowest BCUT2D eigenvalue weighted by Gasteiger charge is -2.33. The average Bonchev–Trinajstić information content (AvgIpc) is 2.89. The second-order valence-electron chi connectivity index (χ2n) is 5.92. The van der Waals surface area contributed by atoms with Gasteiger partial charge in [0.25, 0.3) is 0 Å². The molecule has 0 spiro atoms. The van der Waals surface area contributed by atoms with Gasteiger partial charge in [0.05, 0.1) is 6.61 Å². The molecule has 3 heteroatoms. The highest BCUT2D eigenvalue weighted by atomic mass is 32.2. The molecule has 0 radical (unpaired) electrons. The quantitative estimate of drug-likeness (QED) is 0.756. The van der Waals surface area contributed by atoms with Gasteiger partial charge in [-0.2, -0.15) is 11.8 Å². The summed E-state index contributed by atoms with van der Waals surface area (Å²) in [5.74, 6) is 2.91. The number of aliphatic hydroxyl groups is 1. The van der Waals surface area contributed by atoms with Crippen molar-refractivity contribution < 1.29 is 5.11 Å². The Morgan fingerprint density at radius 3 is 2.90 bits per heavy atom. The third-order valence-electron chi connectivity index (χ3n) is 4.87. The van der Waals surface area contributed by atoms with Crippen LogP contribution in [-0.2, 0) is 5.75 Å². The van der Waals surface area contributed by atoms with E-state index >= 15 is 0 Å². The van der Waals surface area contributed by atoms with Crippen LogP contribution >= 0.6 is 11.8 Å². The summed E-state index contributed by atoms with van der Waals surface area (Å²) in [5, 5.41) is 13.1. The van der Waals surface area contributed by atoms with E-state index in [1.54, 1.807) is 0 Å². The van der Waals surface area contributed by atoms with Crippen molar-refractivity contribution >= 4 is 11.8 Å². The van der Waals surface area contributed by atoms with E-state index in [2.05, 4.69) is 36.5 Å². The molecule has 2 nitrogen and oxygen atoms in total. The normalized spacial score (nSPS) is 26.1. The minimum Gasteiger partial charge on any atom is -0.394 e. The molecule has 1 fully saturated rings. The van der Waals surface area contributed by atoms with Crippen LogP contribution in [0.5, 0.6) is 0 Å². The molecule has 2 atom stereocenters. The molecule has 20 heavy (non-hydrogen) atoms. The third-order valence-corrected chi connectivity index (χ3v) is 5.91. The van der Waals surface area contributed by atoms with Gasteiger partial charge in [0, 0.05) is 11.3 Å². The summed E-state index contributed by atoms with van der Waals surface area (Å²) in [6, 6.07) is 8.64. The minimum atomic E-state index is -0.0107. The second kappa shape index (κ2) is 7.48. The van der Waals surface area contributed by atoms with Gasteiger partial charge in [-0.3, -0.25) is 0 Å². The molecule has 2 N–H and O–H groups in total. The van der Waals surface area contributed by atoms with Crippen LogP contribution in [0.2, 0.25) is 0 Å². The topological polar surface area (TPSA) is 32.3 Å². The molecule has 0 amide bonds. The fraction of sp³-hybridized carbons (Fsp3) is 0.647. The first-order valence-corrected chi connectivity index (χ1v) is 8.79. The summed E-state index contributed by atoms with van der Waals surface area (Å²) in [6.45, 7) is 2.46. The number of rotatable bonds is 7. The number of nitrogens with one attached hydrogen (secondary N) is 1. The van der Waals surface area contributed by atoms with Crippen LogP contribution in [0.25, 0.3) is 0 Å². The predicted octanol–water partition coefficient (Wildman–Crippen LogP) is 3.37. The molecule has 0 heterocycles. The lowest BCUT2D eigenvalue weighted by molar-refractivity contribution is 0.130. The zero-order chi connectivity index (χ0) is 14.4. The predicted molar refractivity (Wildman–Crippen MR) is 88.2 cm³/mol. The number of aliphatic hydroxyl groups excluding tert-OH is 1. The van der Waals surface area contributed by atoms with Crippen molar-refractivity contribution in [3.05, 3.63) is 35.4 Å². The van der Waals surface area contributed by atoms with Crippen LogP contribution in [-0.4, -0.2) is 30.1 Å². The number of thioether (sulfide) groups is 1. The fourth-order valence-electron chi connectivity index (χ4n) is 3.36. The Balaban J connectivity index is 1.77. The first-order valence-electron chi connectivity index (χ1n) is 7.64. The lowest BCUT2D eigenvalue weighted by atomic mass is 9.86. The molecular formula is C17H27NOS. The van der Waals surface area contributed by atoms with E-state index in [1.165, 1.54) is 36.1 Å². The zero-order valence-corrected chi connectivity index (χ0v) is 13.5. The van der Waals surface area contributed by atoms with Gasteiger partial charge in [-0.05, 0) is 56.0 Å². The van der Waals surface area contributed by atoms with Gasteiger partial charge in [0.1, 0.15) is 0 Å². The average molecular weight is 293 g/mol. The van der Waals surface area contributed by atoms with Gasteiger partial charge in [-0.25, -0.2) is 0 Å². The molecule has 0 aliphatic heterocycles. The Bertz CT molecular complexity index is 417. The lowest BCUT2D eigenvalue weighted by Crippen LogP contribution is -2.49. The minimum absolute atomic E-state index is 0.0107. The van der Waals surface area contributed by atoms with Crippen molar-refractivity contribution in [3.63, 3.8) is 0 Å². The molecule has 0 aromatic heterocycles. The number of likely N-dealkylation sites (N-methyl/N-ethyl adjacent to an activating group) is 1. The number of hydrogen-bond acceptors (Lipinski definition) is 3. The summed E-state index contributed by atoms with van der Waals surface area (Å²) in [6.07, 6.45) is 4.83. The van der Waals surface area contributed by atoms with Crippen molar-refractivity contribution in [2.24, 2.45) is 5.92 Å². The Morgan fingerprint density at radius 1 is 1.40 bits per heavy atom. The Labute approximate surface area is 127 Å². The van der Waals surface area contributed by atoms with E-state index in [1.807, 2.05) is 18.8 Å². The van der Waals surface area contributed by atoms with Gasteiger partial charge >= 0.3 is 0 Å². The summed E-state index contributed by atoms with van der Waals surface area (Å²) < 4.78 is 0. The molecule has 1 aromatic carbocycles. The molecule has 1 saturated carbocycles. The van der Waals surface area contributed by atoms with Crippen LogP contribution in [0.3, 0.4) is 0 Å². The smallest absolute Gasteiger partial charge is 0.0615 e. The van der Waals surface area contributed by atoms with Crippen molar-refractivity contribution in [1.29, 1.82) is 0 Å². The summed E-state index contributed by atoms with van der Waals surface area (Å²) >= 11 is 2.02. The van der Waals surface area contributed by atoms with E-state index in [4.69, 9.17) is 0 Å². The van der Waals surface area contributed by atoms with Gasteiger partial charge in [-0.1, -0.05) is 30.7 Å². The third kappa shape index (κ3) is 3.57. The highest BCUT2D eigenvalue weighted by molar-refractivity contribution is 7.98. The van der Waals surface area contributed by atoms with Crippen molar-refractivity contribution in [3.8, 4) is 0 Å². The van der Waals surface area contributed by atoms with E-state index in [0.29, 0.717) is 5.92 Å².